The molecule has 0 amide bonds. The van der Waals surface area contributed by atoms with Crippen LogP contribution in [0.2, 0.25) is 5.02 Å². The van der Waals surface area contributed by atoms with Gasteiger partial charge in [0.2, 0.25) is 0 Å². The molecule has 0 spiro atoms. The van der Waals surface area contributed by atoms with Crippen molar-refractivity contribution in [3.63, 3.8) is 0 Å². The number of benzene rings is 1. The first-order valence-electron chi connectivity index (χ1n) is 4.10. The molecule has 0 N–H and O–H groups in total. The summed E-state index contributed by atoms with van der Waals surface area (Å²) in [4.78, 5) is 0. The van der Waals surface area contributed by atoms with Crippen LogP contribution in [-0.2, 0) is 4.74 Å². The maximum absolute atomic E-state index is 5.87. The Bertz CT molecular complexity index is 366. The lowest BCUT2D eigenvalue weighted by Gasteiger charge is -2.08. The third kappa shape index (κ3) is 1.93. The average Bonchev–Trinajstić information content (AvgIpc) is 2.19. The molecule has 0 atom stereocenters. The molecule has 1 aliphatic rings. The van der Waals surface area contributed by atoms with Gasteiger partial charge < -0.3 is 4.74 Å². The standard InChI is InChI=1S/C11H9ClO/c12-11-5-1-3-9(7-11)10-4-2-6-13-8-10/h1-5,7-8H,6H2. The topological polar surface area (TPSA) is 9.23 Å². The summed E-state index contributed by atoms with van der Waals surface area (Å²) in [5, 5.41) is 0.748. The highest BCUT2D eigenvalue weighted by Gasteiger charge is 2.01. The normalized spacial score (nSPS) is 15.0. The van der Waals surface area contributed by atoms with Crippen LogP contribution in [0.25, 0.3) is 5.57 Å². The van der Waals surface area contributed by atoms with Gasteiger partial charge in [-0.05, 0) is 23.8 Å². The van der Waals surface area contributed by atoms with Gasteiger partial charge in [-0.3, -0.25) is 0 Å². The Morgan fingerprint density at radius 1 is 1.31 bits per heavy atom. The fourth-order valence-corrected chi connectivity index (χ4v) is 1.43. The van der Waals surface area contributed by atoms with E-state index in [9.17, 15) is 0 Å². The quantitative estimate of drug-likeness (QED) is 0.664. The predicted octanol–water partition coefficient (Wildman–Crippen LogP) is 3.27. The van der Waals surface area contributed by atoms with Gasteiger partial charge in [-0.25, -0.2) is 0 Å². The molecule has 1 heterocycles. The zero-order chi connectivity index (χ0) is 9.10. The van der Waals surface area contributed by atoms with Crippen molar-refractivity contribution in [3.8, 4) is 0 Å². The van der Waals surface area contributed by atoms with Gasteiger partial charge in [0.05, 0.1) is 6.26 Å². The van der Waals surface area contributed by atoms with E-state index in [1.807, 2.05) is 36.4 Å². The first-order valence-corrected chi connectivity index (χ1v) is 4.48. The van der Waals surface area contributed by atoms with E-state index in [1.165, 1.54) is 0 Å². The molecule has 0 aliphatic carbocycles. The molecule has 0 radical (unpaired) electrons. The van der Waals surface area contributed by atoms with Gasteiger partial charge in [0, 0.05) is 10.6 Å². The van der Waals surface area contributed by atoms with Gasteiger partial charge in [-0.15, -0.1) is 0 Å². The van der Waals surface area contributed by atoms with Gasteiger partial charge in [-0.2, -0.15) is 0 Å². The molecule has 0 saturated carbocycles. The van der Waals surface area contributed by atoms with Crippen molar-refractivity contribution >= 4 is 17.2 Å². The van der Waals surface area contributed by atoms with Crippen LogP contribution in [0.15, 0.2) is 42.7 Å². The number of hydrogen-bond donors (Lipinski definition) is 0. The van der Waals surface area contributed by atoms with Gasteiger partial charge in [0.1, 0.15) is 6.61 Å². The molecule has 66 valence electrons. The van der Waals surface area contributed by atoms with Crippen LogP contribution in [0.5, 0.6) is 0 Å². The van der Waals surface area contributed by atoms with E-state index in [4.69, 9.17) is 16.3 Å². The molecule has 0 saturated heterocycles. The van der Waals surface area contributed by atoms with Crippen LogP contribution in [-0.4, -0.2) is 6.61 Å². The summed E-state index contributed by atoms with van der Waals surface area (Å²) in [7, 11) is 0. The fourth-order valence-electron chi connectivity index (χ4n) is 1.24. The molecular formula is C11H9ClO. The molecule has 0 bridgehead atoms. The second-order valence-corrected chi connectivity index (χ2v) is 3.26. The fraction of sp³-hybridized carbons (Fsp3) is 0.0909. The van der Waals surface area contributed by atoms with Crippen LogP contribution in [0, 0.1) is 0 Å². The smallest absolute Gasteiger partial charge is 0.106 e. The van der Waals surface area contributed by atoms with E-state index in [1.54, 1.807) is 6.26 Å². The number of allylic oxidation sites excluding steroid dienone is 2. The first-order chi connectivity index (χ1) is 6.36. The molecule has 2 heteroatoms. The Morgan fingerprint density at radius 3 is 2.92 bits per heavy atom. The summed E-state index contributed by atoms with van der Waals surface area (Å²) < 4.78 is 5.18. The minimum Gasteiger partial charge on any atom is -0.496 e. The highest BCUT2D eigenvalue weighted by molar-refractivity contribution is 6.30. The lowest BCUT2D eigenvalue weighted by molar-refractivity contribution is 0.288. The van der Waals surface area contributed by atoms with E-state index >= 15 is 0 Å². The van der Waals surface area contributed by atoms with E-state index in [-0.39, 0.29) is 0 Å². The van der Waals surface area contributed by atoms with E-state index in [0.29, 0.717) is 6.61 Å². The third-order valence-electron chi connectivity index (χ3n) is 1.86. The summed E-state index contributed by atoms with van der Waals surface area (Å²) in [6, 6.07) is 7.73. The van der Waals surface area contributed by atoms with Crippen molar-refractivity contribution in [2.24, 2.45) is 0 Å². The van der Waals surface area contributed by atoms with Crippen molar-refractivity contribution in [1.29, 1.82) is 0 Å². The maximum Gasteiger partial charge on any atom is 0.106 e. The molecule has 13 heavy (non-hydrogen) atoms. The predicted molar refractivity (Wildman–Crippen MR) is 54.5 cm³/mol. The lowest BCUT2D eigenvalue weighted by Crippen LogP contribution is -1.91. The number of ether oxygens (including phenoxy) is 1. The molecule has 0 unspecified atom stereocenters. The van der Waals surface area contributed by atoms with Gasteiger partial charge in [-0.1, -0.05) is 29.8 Å². The molecule has 1 aromatic carbocycles. The first kappa shape index (κ1) is 8.39. The van der Waals surface area contributed by atoms with Crippen molar-refractivity contribution in [2.45, 2.75) is 0 Å². The summed E-state index contributed by atoms with van der Waals surface area (Å²) in [5.41, 5.74) is 2.15. The van der Waals surface area contributed by atoms with Crippen LogP contribution in [0.4, 0.5) is 0 Å². The maximum atomic E-state index is 5.87. The van der Waals surface area contributed by atoms with Crippen molar-refractivity contribution in [1.82, 2.24) is 0 Å². The average molecular weight is 193 g/mol. The van der Waals surface area contributed by atoms with Crippen LogP contribution in [0.3, 0.4) is 0 Å². The second-order valence-electron chi connectivity index (χ2n) is 2.82. The van der Waals surface area contributed by atoms with E-state index in [2.05, 4.69) is 0 Å². The lowest BCUT2D eigenvalue weighted by atomic mass is 10.1. The van der Waals surface area contributed by atoms with E-state index in [0.717, 1.165) is 16.2 Å². The number of rotatable bonds is 1. The van der Waals surface area contributed by atoms with Crippen LogP contribution >= 0.6 is 11.6 Å². The highest BCUT2D eigenvalue weighted by atomic mass is 35.5. The van der Waals surface area contributed by atoms with Gasteiger partial charge in [0.25, 0.3) is 0 Å². The third-order valence-corrected chi connectivity index (χ3v) is 2.09. The largest absolute Gasteiger partial charge is 0.496 e. The van der Waals surface area contributed by atoms with Gasteiger partial charge in [0.15, 0.2) is 0 Å². The van der Waals surface area contributed by atoms with Crippen molar-refractivity contribution in [2.75, 3.05) is 6.61 Å². The molecule has 1 aliphatic heterocycles. The Hall–Kier alpha value is -1.21. The summed E-state index contributed by atoms with van der Waals surface area (Å²) in [6.45, 7) is 0.657. The van der Waals surface area contributed by atoms with Crippen LogP contribution < -0.4 is 0 Å². The second kappa shape index (κ2) is 3.67. The Kier molecular flexibility index (Phi) is 2.37. The Labute approximate surface area is 82.3 Å². The summed E-state index contributed by atoms with van der Waals surface area (Å²) >= 11 is 5.87. The SMILES string of the molecule is Clc1cccc(C2=COCC=C2)c1. The van der Waals surface area contributed by atoms with Crippen molar-refractivity contribution in [3.05, 3.63) is 53.3 Å². The molecule has 0 aromatic heterocycles. The molecule has 1 nitrogen and oxygen atoms in total. The number of halogens is 1. The van der Waals surface area contributed by atoms with Gasteiger partial charge >= 0.3 is 0 Å². The van der Waals surface area contributed by atoms with Crippen molar-refractivity contribution < 1.29 is 4.74 Å². The number of hydrogen-bond acceptors (Lipinski definition) is 1. The molecular weight excluding hydrogens is 184 g/mol. The summed E-state index contributed by atoms with van der Waals surface area (Å²) in [6.07, 6.45) is 5.77. The Morgan fingerprint density at radius 2 is 2.23 bits per heavy atom. The summed E-state index contributed by atoms with van der Waals surface area (Å²) in [5.74, 6) is 0. The Balaban J connectivity index is 2.35. The zero-order valence-electron chi connectivity index (χ0n) is 7.03. The molecule has 0 fully saturated rings. The molecule has 2 rings (SSSR count). The highest BCUT2D eigenvalue weighted by Crippen LogP contribution is 2.21. The zero-order valence-corrected chi connectivity index (χ0v) is 7.79. The van der Waals surface area contributed by atoms with E-state index < -0.39 is 0 Å². The minimum absolute atomic E-state index is 0.657. The van der Waals surface area contributed by atoms with Crippen LogP contribution in [0.1, 0.15) is 5.56 Å². The monoisotopic (exact) mass is 192 g/mol. The minimum atomic E-state index is 0.657. The molecule has 1 aromatic rings.